The van der Waals surface area contributed by atoms with Crippen LogP contribution < -0.4 is 10.6 Å². The molecule has 2 N–H and O–H groups in total. The van der Waals surface area contributed by atoms with Crippen LogP contribution in [0, 0.1) is 5.92 Å². The predicted molar refractivity (Wildman–Crippen MR) is 121 cm³/mol. The van der Waals surface area contributed by atoms with Crippen molar-refractivity contribution in [2.45, 2.75) is 44.3 Å². The van der Waals surface area contributed by atoms with E-state index < -0.39 is 12.1 Å². The van der Waals surface area contributed by atoms with Gasteiger partial charge in [-0.25, -0.2) is 0 Å². The molecule has 0 radical (unpaired) electrons. The number of hydrogen-bond donors (Lipinski definition) is 2. The van der Waals surface area contributed by atoms with Crippen molar-refractivity contribution in [3.05, 3.63) is 71.3 Å². The zero-order chi connectivity index (χ0) is 22.1. The van der Waals surface area contributed by atoms with Gasteiger partial charge in [0.15, 0.2) is 0 Å². The van der Waals surface area contributed by atoms with Gasteiger partial charge in [-0.2, -0.15) is 0 Å². The van der Waals surface area contributed by atoms with Crippen LogP contribution in [0.2, 0.25) is 0 Å². The van der Waals surface area contributed by atoms with Crippen LogP contribution in [0.1, 0.15) is 53.7 Å². The number of fused-ring (bicyclic) bond motifs is 3. The molecule has 2 aliphatic rings. The van der Waals surface area contributed by atoms with Gasteiger partial charge in [0.05, 0.1) is 6.04 Å². The summed E-state index contributed by atoms with van der Waals surface area (Å²) in [5.74, 6) is -0.198. The van der Waals surface area contributed by atoms with Gasteiger partial charge >= 0.3 is 0 Å². The van der Waals surface area contributed by atoms with Crippen LogP contribution >= 0.6 is 11.8 Å². The van der Waals surface area contributed by atoms with E-state index >= 15 is 0 Å². The fourth-order valence-electron chi connectivity index (χ4n) is 4.15. The average Bonchev–Trinajstić information content (AvgIpc) is 3.32. The summed E-state index contributed by atoms with van der Waals surface area (Å²) >= 11 is 1.59. The molecule has 0 spiro atoms. The van der Waals surface area contributed by atoms with E-state index in [-0.39, 0.29) is 35.1 Å². The summed E-state index contributed by atoms with van der Waals surface area (Å²) < 4.78 is 0. The minimum atomic E-state index is -0.678. The molecule has 0 aromatic heterocycles. The third-order valence-electron chi connectivity index (χ3n) is 5.90. The summed E-state index contributed by atoms with van der Waals surface area (Å²) in [5.41, 5.74) is 2.62. The smallest absolute Gasteiger partial charge is 0.256 e. The summed E-state index contributed by atoms with van der Waals surface area (Å²) in [6, 6.07) is 15.8. The SMILES string of the molecule is CC(NC(=O)C(NC(=O)C1CSC2c3ccccc3C(=O)N12)C(C)C)c1ccccc1. The van der Waals surface area contributed by atoms with Gasteiger partial charge in [0.2, 0.25) is 11.8 Å². The molecule has 162 valence electrons. The molecular formula is C24H27N3O3S. The molecule has 0 aliphatic carbocycles. The number of rotatable bonds is 6. The van der Waals surface area contributed by atoms with Gasteiger partial charge in [-0.1, -0.05) is 62.4 Å². The molecule has 2 aliphatic heterocycles. The Balaban J connectivity index is 1.45. The number of carbonyl (C=O) groups is 3. The number of nitrogens with zero attached hydrogens (tertiary/aromatic N) is 1. The maximum atomic E-state index is 13.2. The van der Waals surface area contributed by atoms with Crippen LogP contribution in [0.15, 0.2) is 54.6 Å². The van der Waals surface area contributed by atoms with Crippen LogP contribution in [-0.2, 0) is 9.59 Å². The molecule has 1 saturated heterocycles. The highest BCUT2D eigenvalue weighted by Gasteiger charge is 2.48. The van der Waals surface area contributed by atoms with E-state index in [2.05, 4.69) is 10.6 Å². The molecule has 31 heavy (non-hydrogen) atoms. The molecule has 3 amide bonds. The van der Waals surface area contributed by atoms with Gasteiger partial charge in [0, 0.05) is 11.3 Å². The van der Waals surface area contributed by atoms with Crippen molar-refractivity contribution in [2.75, 3.05) is 5.75 Å². The topological polar surface area (TPSA) is 78.5 Å². The minimum absolute atomic E-state index is 0.0942. The third kappa shape index (κ3) is 4.06. The van der Waals surface area contributed by atoms with Crippen LogP contribution in [0.4, 0.5) is 0 Å². The summed E-state index contributed by atoms with van der Waals surface area (Å²) in [6.45, 7) is 5.73. The molecule has 4 unspecified atom stereocenters. The Morgan fingerprint density at radius 3 is 2.39 bits per heavy atom. The number of benzene rings is 2. The van der Waals surface area contributed by atoms with Gasteiger partial charge in [-0.05, 0) is 30.0 Å². The van der Waals surface area contributed by atoms with E-state index in [1.54, 1.807) is 22.7 Å². The lowest BCUT2D eigenvalue weighted by Gasteiger charge is -2.28. The van der Waals surface area contributed by atoms with Crippen molar-refractivity contribution >= 4 is 29.5 Å². The normalized spacial score (nSPS) is 21.4. The first kappa shape index (κ1) is 21.4. The maximum Gasteiger partial charge on any atom is 0.256 e. The van der Waals surface area contributed by atoms with Crippen molar-refractivity contribution in [1.82, 2.24) is 15.5 Å². The highest BCUT2D eigenvalue weighted by atomic mass is 32.2. The van der Waals surface area contributed by atoms with E-state index in [0.717, 1.165) is 11.1 Å². The summed E-state index contributed by atoms with van der Waals surface area (Å²) in [5, 5.41) is 5.78. The largest absolute Gasteiger partial charge is 0.348 e. The summed E-state index contributed by atoms with van der Waals surface area (Å²) in [4.78, 5) is 40.7. The van der Waals surface area contributed by atoms with Crippen molar-refractivity contribution in [3.8, 4) is 0 Å². The molecule has 2 aromatic rings. The predicted octanol–water partition coefficient (Wildman–Crippen LogP) is 3.27. The van der Waals surface area contributed by atoms with E-state index in [9.17, 15) is 14.4 Å². The maximum absolute atomic E-state index is 13.2. The molecule has 7 heteroatoms. The van der Waals surface area contributed by atoms with Gasteiger partial charge < -0.3 is 15.5 Å². The molecule has 1 fully saturated rings. The van der Waals surface area contributed by atoms with Crippen molar-refractivity contribution < 1.29 is 14.4 Å². The monoisotopic (exact) mass is 437 g/mol. The fraction of sp³-hybridized carbons (Fsp3) is 0.375. The number of thioether (sulfide) groups is 1. The molecular weight excluding hydrogens is 410 g/mol. The molecule has 4 atom stereocenters. The number of carbonyl (C=O) groups excluding carboxylic acids is 3. The Bertz CT molecular complexity index is 995. The Morgan fingerprint density at radius 1 is 1.00 bits per heavy atom. The molecule has 0 bridgehead atoms. The van der Waals surface area contributed by atoms with Gasteiger partial charge in [0.1, 0.15) is 17.5 Å². The molecule has 0 saturated carbocycles. The third-order valence-corrected chi connectivity index (χ3v) is 7.21. The Hall–Kier alpha value is -2.80. The van der Waals surface area contributed by atoms with Gasteiger partial charge in [-0.3, -0.25) is 14.4 Å². The molecule has 2 heterocycles. The van der Waals surface area contributed by atoms with Crippen LogP contribution in [-0.4, -0.2) is 40.5 Å². The standard InChI is InChI=1S/C24H27N3O3S/c1-14(2)20(22(29)25-15(3)16-9-5-4-6-10-16)26-21(28)19-13-31-24-18-12-8-7-11-17(18)23(30)27(19)24/h4-12,14-15,19-20,24H,13H2,1-3H3,(H,25,29)(H,26,28). The molecule has 4 rings (SSSR count). The lowest BCUT2D eigenvalue weighted by Crippen LogP contribution is -2.55. The number of nitrogens with one attached hydrogen (secondary N) is 2. The highest BCUT2D eigenvalue weighted by Crippen LogP contribution is 2.48. The van der Waals surface area contributed by atoms with Gasteiger partial charge in [-0.15, -0.1) is 11.8 Å². The lowest BCUT2D eigenvalue weighted by molar-refractivity contribution is -0.132. The average molecular weight is 438 g/mol. The Morgan fingerprint density at radius 2 is 1.68 bits per heavy atom. The van der Waals surface area contributed by atoms with Crippen molar-refractivity contribution in [1.29, 1.82) is 0 Å². The fourth-order valence-corrected chi connectivity index (χ4v) is 5.62. The zero-order valence-electron chi connectivity index (χ0n) is 17.9. The van der Waals surface area contributed by atoms with Crippen molar-refractivity contribution in [2.24, 2.45) is 5.92 Å². The van der Waals surface area contributed by atoms with E-state index in [4.69, 9.17) is 0 Å². The van der Waals surface area contributed by atoms with Crippen LogP contribution in [0.25, 0.3) is 0 Å². The van der Waals surface area contributed by atoms with Crippen LogP contribution in [0.3, 0.4) is 0 Å². The summed E-state index contributed by atoms with van der Waals surface area (Å²) in [7, 11) is 0. The second-order valence-electron chi connectivity index (χ2n) is 8.37. The first-order valence-corrected chi connectivity index (χ1v) is 11.6. The first-order valence-electron chi connectivity index (χ1n) is 10.6. The summed E-state index contributed by atoms with van der Waals surface area (Å²) in [6.07, 6.45) is 0. The highest BCUT2D eigenvalue weighted by molar-refractivity contribution is 7.99. The van der Waals surface area contributed by atoms with Crippen LogP contribution in [0.5, 0.6) is 0 Å². The van der Waals surface area contributed by atoms with Gasteiger partial charge in [0.25, 0.3) is 5.91 Å². The first-order chi connectivity index (χ1) is 14.9. The quantitative estimate of drug-likeness (QED) is 0.727. The van der Waals surface area contributed by atoms with E-state index in [0.29, 0.717) is 11.3 Å². The number of hydrogen-bond acceptors (Lipinski definition) is 4. The Labute approximate surface area is 186 Å². The minimum Gasteiger partial charge on any atom is -0.348 e. The molecule has 6 nitrogen and oxygen atoms in total. The Kier molecular flexibility index (Phi) is 6.05. The van der Waals surface area contributed by atoms with E-state index in [1.165, 1.54) is 0 Å². The second kappa shape index (κ2) is 8.75. The number of amides is 3. The zero-order valence-corrected chi connectivity index (χ0v) is 18.7. The van der Waals surface area contributed by atoms with E-state index in [1.807, 2.05) is 69.3 Å². The second-order valence-corrected chi connectivity index (χ2v) is 9.49. The lowest BCUT2D eigenvalue weighted by atomic mass is 10.0. The van der Waals surface area contributed by atoms with Crippen molar-refractivity contribution in [3.63, 3.8) is 0 Å². The molecule has 2 aromatic carbocycles.